The van der Waals surface area contributed by atoms with Crippen molar-refractivity contribution in [1.82, 2.24) is 10.3 Å². The number of nitrogen functional groups attached to an aromatic ring is 1. The van der Waals surface area contributed by atoms with Crippen molar-refractivity contribution >= 4 is 34.6 Å². The molecule has 30 heavy (non-hydrogen) atoms. The first-order valence-corrected chi connectivity index (χ1v) is 8.94. The quantitative estimate of drug-likeness (QED) is 0.476. The van der Waals surface area contributed by atoms with Crippen LogP contribution in [0, 0.1) is 0 Å². The van der Waals surface area contributed by atoms with Crippen molar-refractivity contribution in [2.24, 2.45) is 0 Å². The number of nitrogens with two attached hydrogens (primary N) is 1. The lowest BCUT2D eigenvalue weighted by molar-refractivity contribution is -0.137. The molecule has 0 fully saturated rings. The second-order valence-corrected chi connectivity index (χ2v) is 6.53. The van der Waals surface area contributed by atoms with Crippen molar-refractivity contribution in [3.8, 4) is 11.5 Å². The molecular weight excluding hydrogens is 421 g/mol. The van der Waals surface area contributed by atoms with Crippen molar-refractivity contribution in [3.63, 3.8) is 0 Å². The lowest BCUT2D eigenvalue weighted by atomic mass is 10.1. The number of rotatable bonds is 5. The molecule has 0 saturated heterocycles. The van der Waals surface area contributed by atoms with Crippen molar-refractivity contribution in [1.29, 1.82) is 0 Å². The number of pyridine rings is 1. The average molecular weight is 437 g/mol. The van der Waals surface area contributed by atoms with E-state index in [9.17, 15) is 18.0 Å². The number of hydrogen-bond donors (Lipinski definition) is 3. The number of anilines is 3. The number of amides is 1. The van der Waals surface area contributed by atoms with Gasteiger partial charge in [-0.1, -0.05) is 11.6 Å². The maximum atomic E-state index is 13.1. The van der Waals surface area contributed by atoms with Gasteiger partial charge in [-0.15, -0.1) is 0 Å². The van der Waals surface area contributed by atoms with Crippen molar-refractivity contribution in [3.05, 3.63) is 71.0 Å². The highest BCUT2D eigenvalue weighted by atomic mass is 35.5. The van der Waals surface area contributed by atoms with E-state index in [0.717, 1.165) is 12.1 Å². The summed E-state index contributed by atoms with van der Waals surface area (Å²) >= 11 is 5.65. The third-order valence-electron chi connectivity index (χ3n) is 4.00. The first-order valence-electron chi connectivity index (χ1n) is 8.56. The van der Waals surface area contributed by atoms with E-state index in [1.54, 1.807) is 18.2 Å². The Morgan fingerprint density at radius 1 is 1.10 bits per heavy atom. The molecular formula is C20H16ClF3N4O2. The van der Waals surface area contributed by atoms with Gasteiger partial charge in [0.25, 0.3) is 5.91 Å². The SMILES string of the molecule is CNC(=O)c1cc(Oc2ccc(N)c(Nc3ccc(Cl)c(C(F)(F)F)c3)c2)ccn1. The number of alkyl halides is 3. The van der Waals surface area contributed by atoms with Crippen molar-refractivity contribution < 1.29 is 22.7 Å². The van der Waals surface area contributed by atoms with Gasteiger partial charge in [-0.05, 0) is 36.4 Å². The predicted octanol–water partition coefficient (Wildman–Crippen LogP) is 5.23. The van der Waals surface area contributed by atoms with E-state index in [2.05, 4.69) is 15.6 Å². The monoisotopic (exact) mass is 436 g/mol. The zero-order valence-electron chi connectivity index (χ0n) is 15.5. The molecule has 10 heteroatoms. The topological polar surface area (TPSA) is 89.3 Å². The highest BCUT2D eigenvalue weighted by Gasteiger charge is 2.33. The van der Waals surface area contributed by atoms with E-state index in [1.807, 2.05) is 0 Å². The number of nitrogens with zero attached hydrogens (tertiary/aromatic N) is 1. The summed E-state index contributed by atoms with van der Waals surface area (Å²) in [6.07, 6.45) is -3.17. The van der Waals surface area contributed by atoms with Gasteiger partial charge in [0.1, 0.15) is 17.2 Å². The van der Waals surface area contributed by atoms with Gasteiger partial charge in [0.05, 0.1) is 22.0 Å². The van der Waals surface area contributed by atoms with Gasteiger partial charge >= 0.3 is 6.18 Å². The number of benzene rings is 2. The highest BCUT2D eigenvalue weighted by molar-refractivity contribution is 6.31. The van der Waals surface area contributed by atoms with Crippen LogP contribution in [-0.2, 0) is 6.18 Å². The van der Waals surface area contributed by atoms with E-state index in [4.69, 9.17) is 22.1 Å². The van der Waals surface area contributed by atoms with Gasteiger partial charge in [-0.2, -0.15) is 13.2 Å². The minimum Gasteiger partial charge on any atom is -0.457 e. The van der Waals surface area contributed by atoms with Crippen LogP contribution in [0.2, 0.25) is 5.02 Å². The van der Waals surface area contributed by atoms with Gasteiger partial charge in [0, 0.05) is 31.1 Å². The number of nitrogens with one attached hydrogen (secondary N) is 2. The zero-order valence-corrected chi connectivity index (χ0v) is 16.3. The van der Waals surface area contributed by atoms with Crippen molar-refractivity contribution in [2.75, 3.05) is 18.1 Å². The molecule has 0 unspecified atom stereocenters. The maximum Gasteiger partial charge on any atom is 0.417 e. The van der Waals surface area contributed by atoms with Crippen LogP contribution in [0.15, 0.2) is 54.7 Å². The Bertz CT molecular complexity index is 1090. The fraction of sp³-hybridized carbons (Fsp3) is 0.100. The molecule has 0 aliphatic rings. The molecule has 3 rings (SSSR count). The first-order chi connectivity index (χ1) is 14.2. The fourth-order valence-electron chi connectivity index (χ4n) is 2.55. The summed E-state index contributed by atoms with van der Waals surface area (Å²) in [6.45, 7) is 0. The van der Waals surface area contributed by atoms with Gasteiger partial charge in [-0.3, -0.25) is 9.78 Å². The Balaban J connectivity index is 1.85. The number of hydrogen-bond acceptors (Lipinski definition) is 5. The Kier molecular flexibility index (Phi) is 6.02. The number of carbonyl (C=O) groups excluding carboxylic acids is 1. The number of halogens is 4. The standard InChI is InChI=1S/C20H16ClF3N4O2/c1-26-19(29)18-10-13(6-7-27-18)30-12-3-5-16(25)17(9-12)28-11-2-4-15(21)14(8-11)20(22,23)24/h2-10,28H,25H2,1H3,(H,26,29). The van der Waals surface area contributed by atoms with Gasteiger partial charge in [-0.25, -0.2) is 0 Å². The van der Waals surface area contributed by atoms with Gasteiger partial charge in [0.15, 0.2) is 0 Å². The molecule has 0 aliphatic carbocycles. The van der Waals surface area contributed by atoms with E-state index in [0.29, 0.717) is 22.9 Å². The van der Waals surface area contributed by atoms with Gasteiger partial charge in [0.2, 0.25) is 0 Å². The summed E-state index contributed by atoms with van der Waals surface area (Å²) in [5, 5.41) is 4.90. The Labute approximate surface area is 174 Å². The Morgan fingerprint density at radius 2 is 1.83 bits per heavy atom. The lowest BCUT2D eigenvalue weighted by Crippen LogP contribution is -2.18. The normalized spacial score (nSPS) is 11.1. The summed E-state index contributed by atoms with van der Waals surface area (Å²) < 4.78 is 45.0. The van der Waals surface area contributed by atoms with E-state index in [-0.39, 0.29) is 17.3 Å². The smallest absolute Gasteiger partial charge is 0.417 e. The van der Waals surface area contributed by atoms with Crippen LogP contribution >= 0.6 is 11.6 Å². The second-order valence-electron chi connectivity index (χ2n) is 6.12. The third kappa shape index (κ3) is 4.93. The minimum atomic E-state index is -4.59. The number of aromatic nitrogens is 1. The fourth-order valence-corrected chi connectivity index (χ4v) is 2.77. The summed E-state index contributed by atoms with van der Waals surface area (Å²) in [5.74, 6) is 0.333. The van der Waals surface area contributed by atoms with Crippen LogP contribution in [0.25, 0.3) is 0 Å². The molecule has 2 aromatic carbocycles. The molecule has 4 N–H and O–H groups in total. The van der Waals surface area contributed by atoms with E-state index in [1.165, 1.54) is 31.4 Å². The van der Waals surface area contributed by atoms with E-state index < -0.39 is 16.8 Å². The van der Waals surface area contributed by atoms with Crippen LogP contribution in [0.4, 0.5) is 30.2 Å². The van der Waals surface area contributed by atoms with E-state index >= 15 is 0 Å². The van der Waals surface area contributed by atoms with Gasteiger partial charge < -0.3 is 21.1 Å². The molecule has 1 heterocycles. The minimum absolute atomic E-state index is 0.154. The van der Waals surface area contributed by atoms with Crippen LogP contribution in [0.1, 0.15) is 16.1 Å². The highest BCUT2D eigenvalue weighted by Crippen LogP contribution is 2.37. The second kappa shape index (κ2) is 8.50. The molecule has 0 radical (unpaired) electrons. The van der Waals surface area contributed by atoms with Crippen LogP contribution in [0.3, 0.4) is 0 Å². The molecule has 6 nitrogen and oxygen atoms in total. The molecule has 1 aromatic heterocycles. The molecule has 3 aromatic rings. The molecule has 0 aliphatic heterocycles. The Morgan fingerprint density at radius 3 is 2.53 bits per heavy atom. The number of carbonyl (C=O) groups is 1. The summed E-state index contributed by atoms with van der Waals surface area (Å²) in [5.41, 5.74) is 5.94. The molecule has 0 spiro atoms. The lowest BCUT2D eigenvalue weighted by Gasteiger charge is -2.15. The Hall–Kier alpha value is -3.46. The molecule has 0 bridgehead atoms. The molecule has 0 saturated carbocycles. The van der Waals surface area contributed by atoms with Crippen LogP contribution in [-0.4, -0.2) is 17.9 Å². The van der Waals surface area contributed by atoms with Crippen LogP contribution in [0.5, 0.6) is 11.5 Å². The first kappa shape index (κ1) is 21.3. The molecule has 1 amide bonds. The average Bonchev–Trinajstić information content (AvgIpc) is 2.70. The number of ether oxygens (including phenoxy) is 1. The summed E-state index contributed by atoms with van der Waals surface area (Å²) in [6, 6.07) is 11.1. The zero-order chi connectivity index (χ0) is 21.9. The maximum absolute atomic E-state index is 13.1. The molecule has 156 valence electrons. The molecule has 0 atom stereocenters. The summed E-state index contributed by atoms with van der Waals surface area (Å²) in [7, 11) is 1.48. The van der Waals surface area contributed by atoms with Crippen LogP contribution < -0.4 is 21.1 Å². The predicted molar refractivity (Wildman–Crippen MR) is 108 cm³/mol. The largest absolute Gasteiger partial charge is 0.457 e. The van der Waals surface area contributed by atoms with Crippen molar-refractivity contribution in [2.45, 2.75) is 6.18 Å². The summed E-state index contributed by atoms with van der Waals surface area (Å²) in [4.78, 5) is 15.6. The third-order valence-corrected chi connectivity index (χ3v) is 4.33.